The number of rotatable bonds is 8. The maximum atomic E-state index is 13.1. The summed E-state index contributed by atoms with van der Waals surface area (Å²) >= 11 is 0. The molecule has 0 spiro atoms. The van der Waals surface area contributed by atoms with Crippen LogP contribution in [0.5, 0.6) is 11.5 Å². The highest BCUT2D eigenvalue weighted by atomic mass is 35.5. The standard InChI is InChI=1S/C22H21N5O5S.ClH/c1-4-14-5-6-17(30-2)20(9-14)33(28,29)26-22-21-18(31-3)7-15(8-19(21)32-25-22)12-27-13-16(10-23)11-24-27;/h1,5-9,11,13H,10,12,23H2,2-3H3,(H,25,26);1H. The third-order valence-corrected chi connectivity index (χ3v) is 6.30. The molecule has 2 heterocycles. The molecule has 0 saturated carbocycles. The Morgan fingerprint density at radius 1 is 1.18 bits per heavy atom. The molecule has 3 N–H and O–H groups in total. The molecule has 0 saturated heterocycles. The molecule has 0 unspecified atom stereocenters. The predicted octanol–water partition coefficient (Wildman–Crippen LogP) is 2.75. The van der Waals surface area contributed by atoms with Gasteiger partial charge in [-0.15, -0.1) is 18.8 Å². The number of hydrogen-bond donors (Lipinski definition) is 2. The number of anilines is 1. The molecule has 0 aliphatic carbocycles. The number of sulfonamides is 1. The van der Waals surface area contributed by atoms with Crippen LogP contribution in [0.1, 0.15) is 16.7 Å². The number of benzene rings is 2. The average Bonchev–Trinajstić information content (AvgIpc) is 3.44. The Balaban J connectivity index is 0.00000324. The minimum absolute atomic E-state index is 0. The molecule has 4 aromatic rings. The number of methoxy groups -OCH3 is 2. The third kappa shape index (κ3) is 4.79. The van der Waals surface area contributed by atoms with Crippen LogP contribution >= 0.6 is 12.4 Å². The fourth-order valence-electron chi connectivity index (χ4n) is 3.36. The smallest absolute Gasteiger partial charge is 0.266 e. The Bertz CT molecular complexity index is 1470. The van der Waals surface area contributed by atoms with Crippen LogP contribution in [0.3, 0.4) is 0 Å². The topological polar surface area (TPSA) is 134 Å². The van der Waals surface area contributed by atoms with E-state index in [1.165, 1.54) is 26.4 Å². The normalized spacial score (nSPS) is 11.0. The number of hydrogen-bond acceptors (Lipinski definition) is 8. The Morgan fingerprint density at radius 3 is 2.59 bits per heavy atom. The van der Waals surface area contributed by atoms with Gasteiger partial charge in [-0.25, -0.2) is 8.42 Å². The lowest BCUT2D eigenvalue weighted by Gasteiger charge is -2.11. The molecule has 12 heteroatoms. The molecular weight excluding hydrogens is 482 g/mol. The van der Waals surface area contributed by atoms with Crippen molar-refractivity contribution >= 4 is 39.2 Å². The zero-order valence-corrected chi connectivity index (χ0v) is 19.9. The van der Waals surface area contributed by atoms with E-state index in [-0.39, 0.29) is 28.9 Å². The number of nitrogens with zero attached hydrogens (tertiary/aromatic N) is 3. The Labute approximate surface area is 202 Å². The summed E-state index contributed by atoms with van der Waals surface area (Å²) in [5.41, 5.74) is 8.10. The first-order valence-corrected chi connectivity index (χ1v) is 11.2. The third-order valence-electron chi connectivity index (χ3n) is 4.94. The van der Waals surface area contributed by atoms with Gasteiger partial charge in [0.2, 0.25) is 0 Å². The molecule has 4 rings (SSSR count). The molecule has 2 aromatic heterocycles. The zero-order chi connectivity index (χ0) is 23.6. The van der Waals surface area contributed by atoms with Gasteiger partial charge in [-0.05, 0) is 35.9 Å². The maximum absolute atomic E-state index is 13.1. The molecule has 0 aliphatic heterocycles. The predicted molar refractivity (Wildman–Crippen MR) is 129 cm³/mol. The van der Waals surface area contributed by atoms with Crippen LogP contribution < -0.4 is 19.9 Å². The van der Waals surface area contributed by atoms with Crippen molar-refractivity contribution in [3.8, 4) is 23.8 Å². The SMILES string of the molecule is C#Cc1ccc(OC)c(S(=O)(=O)Nc2noc3cc(Cn4cc(CN)cn4)cc(OC)c23)c1.Cl. The quantitative estimate of drug-likeness (QED) is 0.350. The van der Waals surface area contributed by atoms with Crippen LogP contribution in [-0.4, -0.2) is 37.6 Å². The molecule has 0 amide bonds. The van der Waals surface area contributed by atoms with Crippen molar-refractivity contribution in [1.29, 1.82) is 0 Å². The van der Waals surface area contributed by atoms with Gasteiger partial charge in [0, 0.05) is 23.9 Å². The molecule has 2 aromatic carbocycles. The minimum Gasteiger partial charge on any atom is -0.496 e. The van der Waals surface area contributed by atoms with Gasteiger partial charge >= 0.3 is 0 Å². The number of halogens is 1. The first-order valence-electron chi connectivity index (χ1n) is 9.73. The average molecular weight is 504 g/mol. The summed E-state index contributed by atoms with van der Waals surface area (Å²) in [6, 6.07) is 7.93. The fraction of sp³-hybridized carbons (Fsp3) is 0.182. The number of nitrogens with two attached hydrogens (primary N) is 1. The summed E-state index contributed by atoms with van der Waals surface area (Å²) in [7, 11) is -1.26. The van der Waals surface area contributed by atoms with E-state index in [1.807, 2.05) is 6.20 Å². The molecule has 34 heavy (non-hydrogen) atoms. The summed E-state index contributed by atoms with van der Waals surface area (Å²) in [4.78, 5) is -0.124. The van der Waals surface area contributed by atoms with Gasteiger partial charge in [0.25, 0.3) is 10.0 Å². The van der Waals surface area contributed by atoms with Crippen molar-refractivity contribution in [3.05, 3.63) is 59.4 Å². The minimum atomic E-state index is -4.11. The van der Waals surface area contributed by atoms with E-state index in [1.54, 1.807) is 29.1 Å². The van der Waals surface area contributed by atoms with Gasteiger partial charge in [-0.2, -0.15) is 5.10 Å². The Kier molecular flexibility index (Phi) is 7.36. The largest absolute Gasteiger partial charge is 0.496 e. The van der Waals surface area contributed by atoms with E-state index < -0.39 is 10.0 Å². The van der Waals surface area contributed by atoms with Crippen molar-refractivity contribution in [2.45, 2.75) is 18.0 Å². The molecule has 0 bridgehead atoms. The molecular formula is C22H22ClN5O5S. The van der Waals surface area contributed by atoms with Crippen LogP contribution in [0.15, 0.2) is 52.1 Å². The molecule has 0 fully saturated rings. The lowest BCUT2D eigenvalue weighted by atomic mass is 10.1. The van der Waals surface area contributed by atoms with Gasteiger partial charge < -0.3 is 19.7 Å². The second kappa shape index (κ2) is 10.0. The van der Waals surface area contributed by atoms with E-state index >= 15 is 0 Å². The van der Waals surface area contributed by atoms with Crippen molar-refractivity contribution in [2.75, 3.05) is 18.9 Å². The summed E-state index contributed by atoms with van der Waals surface area (Å²) < 4.78 is 46.5. The van der Waals surface area contributed by atoms with E-state index in [0.717, 1.165) is 11.1 Å². The van der Waals surface area contributed by atoms with Gasteiger partial charge in [0.1, 0.15) is 21.8 Å². The summed E-state index contributed by atoms with van der Waals surface area (Å²) in [5, 5.41) is 8.56. The highest BCUT2D eigenvalue weighted by Gasteiger charge is 2.25. The maximum Gasteiger partial charge on any atom is 0.266 e. The van der Waals surface area contributed by atoms with Gasteiger partial charge in [-0.3, -0.25) is 9.40 Å². The lowest BCUT2D eigenvalue weighted by molar-refractivity contribution is 0.403. The first-order chi connectivity index (χ1) is 15.9. The molecule has 0 aliphatic rings. The van der Waals surface area contributed by atoms with Crippen molar-refractivity contribution in [1.82, 2.24) is 14.9 Å². The van der Waals surface area contributed by atoms with E-state index in [4.69, 9.17) is 26.2 Å². The highest BCUT2D eigenvalue weighted by Crippen LogP contribution is 2.36. The molecule has 178 valence electrons. The van der Waals surface area contributed by atoms with Crippen molar-refractivity contribution < 1.29 is 22.4 Å². The van der Waals surface area contributed by atoms with E-state index in [2.05, 4.69) is 20.9 Å². The zero-order valence-electron chi connectivity index (χ0n) is 18.3. The monoisotopic (exact) mass is 503 g/mol. The summed E-state index contributed by atoms with van der Waals surface area (Å²) in [6.45, 7) is 0.827. The summed E-state index contributed by atoms with van der Waals surface area (Å²) in [5.74, 6) is 2.92. The first kappa shape index (κ1) is 24.9. The van der Waals surface area contributed by atoms with E-state index in [0.29, 0.717) is 35.4 Å². The molecule has 0 atom stereocenters. The van der Waals surface area contributed by atoms with Crippen LogP contribution in [-0.2, 0) is 23.1 Å². The van der Waals surface area contributed by atoms with Gasteiger partial charge in [-0.1, -0.05) is 11.1 Å². The van der Waals surface area contributed by atoms with Crippen molar-refractivity contribution in [3.63, 3.8) is 0 Å². The van der Waals surface area contributed by atoms with Crippen LogP contribution in [0, 0.1) is 12.3 Å². The van der Waals surface area contributed by atoms with Crippen LogP contribution in [0.2, 0.25) is 0 Å². The second-order valence-corrected chi connectivity index (χ2v) is 8.72. The molecule has 10 nitrogen and oxygen atoms in total. The Morgan fingerprint density at radius 2 is 1.94 bits per heavy atom. The summed E-state index contributed by atoms with van der Waals surface area (Å²) in [6.07, 6.45) is 8.95. The fourth-order valence-corrected chi connectivity index (χ4v) is 4.56. The lowest BCUT2D eigenvalue weighted by Crippen LogP contribution is -2.15. The van der Waals surface area contributed by atoms with E-state index in [9.17, 15) is 8.42 Å². The number of terminal acetylenes is 1. The molecule has 0 radical (unpaired) electrons. The number of fused-ring (bicyclic) bond motifs is 1. The van der Waals surface area contributed by atoms with Crippen LogP contribution in [0.25, 0.3) is 11.0 Å². The number of ether oxygens (including phenoxy) is 2. The number of aromatic nitrogens is 3. The van der Waals surface area contributed by atoms with Gasteiger partial charge in [0.15, 0.2) is 11.4 Å². The van der Waals surface area contributed by atoms with Crippen molar-refractivity contribution in [2.24, 2.45) is 5.73 Å². The Hall–Kier alpha value is -3.72. The van der Waals surface area contributed by atoms with Gasteiger partial charge in [0.05, 0.1) is 27.0 Å². The second-order valence-electron chi connectivity index (χ2n) is 7.07. The van der Waals surface area contributed by atoms with Crippen LogP contribution in [0.4, 0.5) is 5.82 Å². The highest BCUT2D eigenvalue weighted by molar-refractivity contribution is 7.92. The number of nitrogens with one attached hydrogen (secondary N) is 1.